The van der Waals surface area contributed by atoms with Crippen molar-refractivity contribution >= 4 is 23.6 Å². The van der Waals surface area contributed by atoms with Crippen molar-refractivity contribution in [3.8, 4) is 0 Å². The molecule has 0 saturated carbocycles. The highest BCUT2D eigenvalue weighted by atomic mass is 32.2. The molecular weight excluding hydrogens is 274 g/mol. The van der Waals surface area contributed by atoms with Gasteiger partial charge in [0.1, 0.15) is 0 Å². The molecule has 0 aromatic heterocycles. The molecule has 1 aliphatic rings. The van der Waals surface area contributed by atoms with Crippen LogP contribution in [0.3, 0.4) is 0 Å². The second-order valence-corrected chi connectivity index (χ2v) is 6.04. The van der Waals surface area contributed by atoms with Gasteiger partial charge in [-0.25, -0.2) is 0 Å². The fraction of sp³-hybridized carbons (Fsp3) is 0.857. The van der Waals surface area contributed by atoms with Gasteiger partial charge in [-0.3, -0.25) is 9.59 Å². The number of amides is 2. The van der Waals surface area contributed by atoms with Crippen LogP contribution in [0.5, 0.6) is 0 Å². The maximum atomic E-state index is 11.9. The Morgan fingerprint density at radius 3 is 2.75 bits per heavy atom. The standard InChI is InChI=1S/C14H27N3O2S/c1-20-12-5-3-2-4-8-16-13(18)14(19)17-10-6-7-15-9-11-17/h15H,2-12H2,1H3,(H,16,18). The number of nitrogens with zero attached hydrogens (tertiary/aromatic N) is 1. The summed E-state index contributed by atoms with van der Waals surface area (Å²) in [4.78, 5) is 25.3. The third-order valence-electron chi connectivity index (χ3n) is 3.38. The van der Waals surface area contributed by atoms with Crippen LogP contribution in [0.15, 0.2) is 0 Å². The van der Waals surface area contributed by atoms with Crippen molar-refractivity contribution in [2.24, 2.45) is 0 Å². The van der Waals surface area contributed by atoms with Crippen LogP contribution in [0.4, 0.5) is 0 Å². The molecule has 1 fully saturated rings. The lowest BCUT2D eigenvalue weighted by atomic mass is 10.2. The largest absolute Gasteiger partial charge is 0.348 e. The Morgan fingerprint density at radius 2 is 1.95 bits per heavy atom. The molecule has 6 heteroatoms. The van der Waals surface area contributed by atoms with Gasteiger partial charge < -0.3 is 15.5 Å². The summed E-state index contributed by atoms with van der Waals surface area (Å²) in [5, 5.41) is 5.96. The number of carbonyl (C=O) groups is 2. The number of rotatable bonds is 7. The van der Waals surface area contributed by atoms with Crippen LogP contribution in [0, 0.1) is 0 Å². The van der Waals surface area contributed by atoms with Gasteiger partial charge in [-0.15, -0.1) is 0 Å². The molecule has 1 aliphatic heterocycles. The van der Waals surface area contributed by atoms with Crippen LogP contribution in [-0.2, 0) is 9.59 Å². The highest BCUT2D eigenvalue weighted by molar-refractivity contribution is 7.98. The number of carbonyl (C=O) groups excluding carboxylic acids is 2. The van der Waals surface area contributed by atoms with E-state index in [4.69, 9.17) is 0 Å². The van der Waals surface area contributed by atoms with E-state index in [9.17, 15) is 9.59 Å². The topological polar surface area (TPSA) is 61.4 Å². The van der Waals surface area contributed by atoms with E-state index in [1.54, 1.807) is 4.90 Å². The summed E-state index contributed by atoms with van der Waals surface area (Å²) in [7, 11) is 0. The maximum absolute atomic E-state index is 11.9. The summed E-state index contributed by atoms with van der Waals surface area (Å²) in [5.74, 6) is 0.375. The summed E-state index contributed by atoms with van der Waals surface area (Å²) in [6, 6.07) is 0. The Labute approximate surface area is 126 Å². The van der Waals surface area contributed by atoms with Gasteiger partial charge in [-0.1, -0.05) is 12.8 Å². The van der Waals surface area contributed by atoms with Gasteiger partial charge in [0, 0.05) is 26.2 Å². The van der Waals surface area contributed by atoms with E-state index < -0.39 is 5.91 Å². The number of unbranched alkanes of at least 4 members (excludes halogenated alkanes) is 3. The number of hydrogen-bond donors (Lipinski definition) is 2. The monoisotopic (exact) mass is 301 g/mol. The summed E-state index contributed by atoms with van der Waals surface area (Å²) in [6.45, 7) is 3.60. The first-order valence-electron chi connectivity index (χ1n) is 7.52. The number of thioether (sulfide) groups is 1. The molecule has 0 aliphatic carbocycles. The summed E-state index contributed by atoms with van der Waals surface area (Å²) in [6.07, 6.45) is 7.52. The molecule has 0 atom stereocenters. The van der Waals surface area contributed by atoms with Gasteiger partial charge in [0.05, 0.1) is 0 Å². The Hall–Kier alpha value is -0.750. The average molecular weight is 301 g/mol. The fourth-order valence-corrected chi connectivity index (χ4v) is 2.69. The maximum Gasteiger partial charge on any atom is 0.311 e. The van der Waals surface area contributed by atoms with Gasteiger partial charge in [-0.05, 0) is 37.8 Å². The molecule has 0 radical (unpaired) electrons. The molecule has 1 heterocycles. The molecule has 5 nitrogen and oxygen atoms in total. The zero-order chi connectivity index (χ0) is 14.6. The molecule has 0 aromatic carbocycles. The third kappa shape index (κ3) is 7.14. The first-order valence-corrected chi connectivity index (χ1v) is 8.92. The lowest BCUT2D eigenvalue weighted by Gasteiger charge is -2.19. The summed E-state index contributed by atoms with van der Waals surface area (Å²) < 4.78 is 0. The second-order valence-electron chi connectivity index (χ2n) is 5.06. The van der Waals surface area contributed by atoms with Gasteiger partial charge >= 0.3 is 11.8 Å². The lowest BCUT2D eigenvalue weighted by molar-refractivity contribution is -0.145. The number of nitrogens with one attached hydrogen (secondary N) is 2. The lowest BCUT2D eigenvalue weighted by Crippen LogP contribution is -2.44. The van der Waals surface area contributed by atoms with Crippen molar-refractivity contribution in [1.82, 2.24) is 15.5 Å². The number of hydrogen-bond acceptors (Lipinski definition) is 4. The summed E-state index contributed by atoms with van der Waals surface area (Å²) >= 11 is 1.87. The van der Waals surface area contributed by atoms with Crippen molar-refractivity contribution < 1.29 is 9.59 Å². The molecule has 20 heavy (non-hydrogen) atoms. The van der Waals surface area contributed by atoms with Crippen molar-refractivity contribution in [2.45, 2.75) is 32.1 Å². The Kier molecular flexibility index (Phi) is 9.49. The van der Waals surface area contributed by atoms with Crippen LogP contribution in [0.1, 0.15) is 32.1 Å². The smallest absolute Gasteiger partial charge is 0.311 e. The van der Waals surface area contributed by atoms with Crippen LogP contribution in [0.2, 0.25) is 0 Å². The van der Waals surface area contributed by atoms with Gasteiger partial charge in [0.15, 0.2) is 0 Å². The second kappa shape index (κ2) is 11.0. The van der Waals surface area contributed by atoms with Crippen molar-refractivity contribution in [3.63, 3.8) is 0 Å². The zero-order valence-electron chi connectivity index (χ0n) is 12.5. The summed E-state index contributed by atoms with van der Waals surface area (Å²) in [5.41, 5.74) is 0. The van der Waals surface area contributed by atoms with Crippen LogP contribution in [0.25, 0.3) is 0 Å². The predicted molar refractivity (Wildman–Crippen MR) is 83.9 cm³/mol. The highest BCUT2D eigenvalue weighted by Gasteiger charge is 2.21. The van der Waals surface area contributed by atoms with Crippen LogP contribution < -0.4 is 10.6 Å². The molecule has 0 aromatic rings. The van der Waals surface area contributed by atoms with Gasteiger partial charge in [0.2, 0.25) is 0 Å². The normalized spacial score (nSPS) is 15.8. The minimum Gasteiger partial charge on any atom is -0.348 e. The first-order chi connectivity index (χ1) is 9.75. The Morgan fingerprint density at radius 1 is 1.15 bits per heavy atom. The molecule has 2 N–H and O–H groups in total. The van der Waals surface area contributed by atoms with E-state index in [2.05, 4.69) is 16.9 Å². The minimum absolute atomic E-state index is 0.379. The Balaban J connectivity index is 2.10. The molecular formula is C14H27N3O2S. The molecule has 0 spiro atoms. The first kappa shape index (κ1) is 17.3. The molecule has 1 rings (SSSR count). The predicted octanol–water partition coefficient (Wildman–Crippen LogP) is 0.848. The van der Waals surface area contributed by atoms with E-state index in [0.717, 1.165) is 32.4 Å². The zero-order valence-corrected chi connectivity index (χ0v) is 13.3. The molecule has 0 bridgehead atoms. The van der Waals surface area contributed by atoms with Crippen molar-refractivity contribution in [2.75, 3.05) is 44.7 Å². The third-order valence-corrected chi connectivity index (χ3v) is 4.08. The van der Waals surface area contributed by atoms with E-state index in [1.165, 1.54) is 18.6 Å². The average Bonchev–Trinajstić information content (AvgIpc) is 2.74. The molecule has 0 unspecified atom stereocenters. The van der Waals surface area contributed by atoms with Gasteiger partial charge in [-0.2, -0.15) is 11.8 Å². The molecule has 2 amide bonds. The SMILES string of the molecule is CSCCCCCCNC(=O)C(=O)N1CCCNCC1. The molecule has 116 valence electrons. The van der Waals surface area contributed by atoms with E-state index in [-0.39, 0.29) is 5.91 Å². The van der Waals surface area contributed by atoms with Crippen molar-refractivity contribution in [3.05, 3.63) is 0 Å². The van der Waals surface area contributed by atoms with E-state index >= 15 is 0 Å². The van der Waals surface area contributed by atoms with Gasteiger partial charge in [0.25, 0.3) is 0 Å². The van der Waals surface area contributed by atoms with E-state index in [0.29, 0.717) is 19.6 Å². The fourth-order valence-electron chi connectivity index (χ4n) is 2.19. The van der Waals surface area contributed by atoms with E-state index in [1.807, 2.05) is 11.8 Å². The highest BCUT2D eigenvalue weighted by Crippen LogP contribution is 2.04. The Bertz CT molecular complexity index is 292. The quantitative estimate of drug-likeness (QED) is 0.540. The van der Waals surface area contributed by atoms with Crippen LogP contribution in [-0.4, -0.2) is 61.4 Å². The van der Waals surface area contributed by atoms with Crippen LogP contribution >= 0.6 is 11.8 Å². The minimum atomic E-state index is -0.448. The molecule has 1 saturated heterocycles. The van der Waals surface area contributed by atoms with Crippen molar-refractivity contribution in [1.29, 1.82) is 0 Å².